The average molecular weight is 562 g/mol. The number of nitrogens with one attached hydrogen (secondary N) is 2. The molecule has 10 nitrogen and oxygen atoms in total. The minimum atomic E-state index is -0.638. The SMILES string of the molecule is CCOC(=O)c1[nH]c([C@@H]2CCCCCN2C(=O)OC(C)(C)C)nc1-c1ccc(C(=O)Nc2cc(CC)ccn2)cc1. The van der Waals surface area contributed by atoms with Gasteiger partial charge < -0.3 is 19.8 Å². The molecule has 0 saturated carbocycles. The number of carbonyl (C=O) groups is 3. The van der Waals surface area contributed by atoms with E-state index < -0.39 is 17.7 Å². The van der Waals surface area contributed by atoms with Gasteiger partial charge in [0.05, 0.1) is 12.6 Å². The van der Waals surface area contributed by atoms with Crippen LogP contribution in [0.3, 0.4) is 0 Å². The second-order valence-electron chi connectivity index (χ2n) is 11.0. The number of aromatic amines is 1. The van der Waals surface area contributed by atoms with Crippen molar-refractivity contribution >= 4 is 23.8 Å². The van der Waals surface area contributed by atoms with Gasteiger partial charge >= 0.3 is 12.1 Å². The van der Waals surface area contributed by atoms with E-state index in [0.717, 1.165) is 31.2 Å². The van der Waals surface area contributed by atoms with Crippen molar-refractivity contribution in [1.82, 2.24) is 19.9 Å². The van der Waals surface area contributed by atoms with Gasteiger partial charge in [0, 0.05) is 23.9 Å². The van der Waals surface area contributed by atoms with Crippen LogP contribution in [0.1, 0.15) is 98.6 Å². The predicted octanol–water partition coefficient (Wildman–Crippen LogP) is 6.32. The largest absolute Gasteiger partial charge is 0.461 e. The lowest BCUT2D eigenvalue weighted by Gasteiger charge is -2.31. The van der Waals surface area contributed by atoms with E-state index in [9.17, 15) is 14.4 Å². The van der Waals surface area contributed by atoms with E-state index in [0.29, 0.717) is 41.4 Å². The minimum absolute atomic E-state index is 0.201. The molecule has 41 heavy (non-hydrogen) atoms. The van der Waals surface area contributed by atoms with Crippen molar-refractivity contribution in [1.29, 1.82) is 0 Å². The number of benzene rings is 1. The Labute approximate surface area is 240 Å². The zero-order chi connectivity index (χ0) is 29.6. The maximum absolute atomic E-state index is 13.1. The van der Waals surface area contributed by atoms with Gasteiger partial charge in [-0.25, -0.2) is 19.6 Å². The summed E-state index contributed by atoms with van der Waals surface area (Å²) in [5.41, 5.74) is 2.11. The van der Waals surface area contributed by atoms with E-state index >= 15 is 0 Å². The third-order valence-corrected chi connectivity index (χ3v) is 6.79. The zero-order valence-electron chi connectivity index (χ0n) is 24.5. The molecule has 2 N–H and O–H groups in total. The van der Waals surface area contributed by atoms with E-state index in [1.165, 1.54) is 0 Å². The highest BCUT2D eigenvalue weighted by Gasteiger charge is 2.34. The summed E-state index contributed by atoms with van der Waals surface area (Å²) in [6.07, 6.45) is 5.53. The van der Waals surface area contributed by atoms with Crippen molar-refractivity contribution in [2.45, 2.75) is 78.4 Å². The zero-order valence-corrected chi connectivity index (χ0v) is 24.5. The van der Waals surface area contributed by atoms with Crippen LogP contribution >= 0.6 is 0 Å². The fourth-order valence-corrected chi connectivity index (χ4v) is 4.77. The number of pyridine rings is 1. The van der Waals surface area contributed by atoms with Crippen molar-refractivity contribution in [2.75, 3.05) is 18.5 Å². The Morgan fingerprint density at radius 3 is 2.51 bits per heavy atom. The molecular weight excluding hydrogens is 522 g/mol. The predicted molar refractivity (Wildman–Crippen MR) is 156 cm³/mol. The number of aromatic nitrogens is 3. The van der Waals surface area contributed by atoms with Gasteiger partial charge in [-0.3, -0.25) is 9.69 Å². The summed E-state index contributed by atoms with van der Waals surface area (Å²) in [5, 5.41) is 2.83. The number of carbonyl (C=O) groups excluding carboxylic acids is 3. The lowest BCUT2D eigenvalue weighted by Crippen LogP contribution is -2.39. The molecule has 0 aliphatic carbocycles. The highest BCUT2D eigenvalue weighted by atomic mass is 16.6. The molecule has 1 atom stereocenters. The standard InChI is InChI=1S/C31H39N5O5/c1-6-20-16-17-32-24(19-20)33-28(37)22-14-12-21(13-15-22)25-26(29(38)40-7-2)35-27(34-25)23-11-9-8-10-18-36(23)30(39)41-31(3,4)5/h12-17,19,23H,6-11,18H2,1-5H3,(H,34,35)(H,32,33,37)/t23-/m0/s1. The fourth-order valence-electron chi connectivity index (χ4n) is 4.77. The van der Waals surface area contributed by atoms with E-state index in [1.54, 1.807) is 42.3 Å². The first-order valence-corrected chi connectivity index (χ1v) is 14.2. The number of esters is 1. The van der Waals surface area contributed by atoms with Gasteiger partial charge in [0.1, 0.15) is 22.9 Å². The molecule has 4 rings (SSSR count). The first-order valence-electron chi connectivity index (χ1n) is 14.2. The lowest BCUT2D eigenvalue weighted by molar-refractivity contribution is 0.0155. The molecule has 0 bridgehead atoms. The number of H-pyrrole nitrogens is 1. The minimum Gasteiger partial charge on any atom is -0.461 e. The van der Waals surface area contributed by atoms with Crippen molar-refractivity contribution < 1.29 is 23.9 Å². The Morgan fingerprint density at radius 1 is 1.07 bits per heavy atom. The molecule has 3 aromatic rings. The van der Waals surface area contributed by atoms with Crippen LogP contribution in [0.2, 0.25) is 0 Å². The number of likely N-dealkylation sites (tertiary alicyclic amines) is 1. The first kappa shape index (κ1) is 29.8. The monoisotopic (exact) mass is 561 g/mol. The summed E-state index contributed by atoms with van der Waals surface area (Å²) in [6, 6.07) is 10.2. The average Bonchev–Trinajstić information content (AvgIpc) is 3.23. The summed E-state index contributed by atoms with van der Waals surface area (Å²) in [5.74, 6) is 0.150. The first-order chi connectivity index (χ1) is 19.6. The second kappa shape index (κ2) is 13.0. The van der Waals surface area contributed by atoms with Crippen LogP contribution in [-0.4, -0.2) is 56.6 Å². The smallest absolute Gasteiger partial charge is 0.410 e. The van der Waals surface area contributed by atoms with Crippen LogP contribution < -0.4 is 5.32 Å². The molecule has 10 heteroatoms. The molecule has 1 aromatic carbocycles. The van der Waals surface area contributed by atoms with Crippen LogP contribution in [0.15, 0.2) is 42.6 Å². The number of aryl methyl sites for hydroxylation is 1. The van der Waals surface area contributed by atoms with E-state index in [4.69, 9.17) is 14.5 Å². The van der Waals surface area contributed by atoms with Crippen molar-refractivity contribution in [3.05, 3.63) is 65.2 Å². The Bertz CT molecular complexity index is 1380. The quantitative estimate of drug-likeness (QED) is 0.323. The molecule has 1 aliphatic rings. The number of nitrogens with zero attached hydrogens (tertiary/aromatic N) is 3. The van der Waals surface area contributed by atoms with Crippen LogP contribution in [-0.2, 0) is 15.9 Å². The van der Waals surface area contributed by atoms with Gasteiger partial charge in [-0.15, -0.1) is 0 Å². The van der Waals surface area contributed by atoms with Crippen LogP contribution in [0.5, 0.6) is 0 Å². The number of amides is 2. The molecule has 0 unspecified atom stereocenters. The van der Waals surface area contributed by atoms with Crippen LogP contribution in [0, 0.1) is 0 Å². The lowest BCUT2D eigenvalue weighted by atomic mass is 10.1. The Morgan fingerprint density at radius 2 is 1.83 bits per heavy atom. The number of hydrogen-bond acceptors (Lipinski definition) is 7. The number of rotatable bonds is 7. The van der Waals surface area contributed by atoms with Crippen molar-refractivity contribution in [3.8, 4) is 11.3 Å². The molecule has 0 spiro atoms. The third-order valence-electron chi connectivity index (χ3n) is 6.79. The second-order valence-corrected chi connectivity index (χ2v) is 11.0. The molecule has 3 heterocycles. The summed E-state index contributed by atoms with van der Waals surface area (Å²) in [6.45, 7) is 10.0. The maximum atomic E-state index is 13.1. The van der Waals surface area contributed by atoms with Gasteiger partial charge in [0.15, 0.2) is 5.69 Å². The van der Waals surface area contributed by atoms with E-state index in [2.05, 4.69) is 15.3 Å². The molecule has 1 fully saturated rings. The number of ether oxygens (including phenoxy) is 2. The van der Waals surface area contributed by atoms with Gasteiger partial charge in [-0.2, -0.15) is 0 Å². The highest BCUT2D eigenvalue weighted by Crippen LogP contribution is 2.33. The topological polar surface area (TPSA) is 127 Å². The van der Waals surface area contributed by atoms with Gasteiger partial charge in [-0.05, 0) is 76.8 Å². The van der Waals surface area contributed by atoms with Gasteiger partial charge in [0.25, 0.3) is 5.91 Å². The maximum Gasteiger partial charge on any atom is 0.410 e. The Balaban J connectivity index is 1.64. The highest BCUT2D eigenvalue weighted by molar-refractivity contribution is 6.04. The van der Waals surface area contributed by atoms with Crippen LogP contribution in [0.25, 0.3) is 11.3 Å². The summed E-state index contributed by atoms with van der Waals surface area (Å²) in [7, 11) is 0. The molecular formula is C31H39N5O5. The Hall–Kier alpha value is -4.21. The van der Waals surface area contributed by atoms with E-state index in [-0.39, 0.29) is 24.2 Å². The normalized spacial score (nSPS) is 15.6. The van der Waals surface area contributed by atoms with E-state index in [1.807, 2.05) is 39.8 Å². The number of anilines is 1. The molecule has 0 radical (unpaired) electrons. The van der Waals surface area contributed by atoms with Gasteiger partial charge in [0.2, 0.25) is 0 Å². The number of hydrogen-bond donors (Lipinski definition) is 2. The Kier molecular flexibility index (Phi) is 9.42. The fraction of sp³-hybridized carbons (Fsp3) is 0.452. The molecule has 2 aromatic heterocycles. The molecule has 2 amide bonds. The number of imidazole rings is 1. The van der Waals surface area contributed by atoms with Crippen molar-refractivity contribution in [3.63, 3.8) is 0 Å². The van der Waals surface area contributed by atoms with Crippen molar-refractivity contribution in [2.24, 2.45) is 0 Å². The third kappa shape index (κ3) is 7.50. The molecule has 218 valence electrons. The van der Waals surface area contributed by atoms with Gasteiger partial charge in [-0.1, -0.05) is 31.9 Å². The van der Waals surface area contributed by atoms with Crippen LogP contribution in [0.4, 0.5) is 10.6 Å². The summed E-state index contributed by atoms with van der Waals surface area (Å²) in [4.78, 5) is 52.9. The molecule has 1 aliphatic heterocycles. The summed E-state index contributed by atoms with van der Waals surface area (Å²) < 4.78 is 11.0. The molecule has 1 saturated heterocycles. The summed E-state index contributed by atoms with van der Waals surface area (Å²) >= 11 is 0.